The van der Waals surface area contributed by atoms with E-state index in [0.717, 1.165) is 31.2 Å². The van der Waals surface area contributed by atoms with Crippen LogP contribution in [-0.4, -0.2) is 37.5 Å². The van der Waals surface area contributed by atoms with Gasteiger partial charge in [0.1, 0.15) is 0 Å². The van der Waals surface area contributed by atoms with Gasteiger partial charge >= 0.3 is 0 Å². The Morgan fingerprint density at radius 3 is 2.32 bits per heavy atom. The average Bonchev–Trinajstić information content (AvgIpc) is 2.84. The third kappa shape index (κ3) is 6.44. The van der Waals surface area contributed by atoms with Crippen LogP contribution in [-0.2, 0) is 14.8 Å². The van der Waals surface area contributed by atoms with E-state index < -0.39 is 10.0 Å². The quantitative estimate of drug-likeness (QED) is 0.753. The van der Waals surface area contributed by atoms with Crippen molar-refractivity contribution < 1.29 is 13.2 Å². The van der Waals surface area contributed by atoms with Crippen molar-refractivity contribution >= 4 is 15.9 Å². The van der Waals surface area contributed by atoms with Crippen LogP contribution >= 0.6 is 0 Å². The zero-order valence-electron chi connectivity index (χ0n) is 15.3. The molecule has 2 rings (SSSR count). The van der Waals surface area contributed by atoms with E-state index in [0.29, 0.717) is 0 Å². The molecule has 6 heteroatoms. The van der Waals surface area contributed by atoms with Crippen molar-refractivity contribution in [2.75, 3.05) is 12.8 Å². The predicted molar refractivity (Wildman–Crippen MR) is 101 cm³/mol. The Hall–Kier alpha value is -1.40. The van der Waals surface area contributed by atoms with E-state index in [9.17, 15) is 13.2 Å². The Labute approximate surface area is 151 Å². The lowest BCUT2D eigenvalue weighted by Crippen LogP contribution is -2.42. The molecule has 1 atom stereocenters. The Balaban J connectivity index is 1.92. The number of nitrogens with zero attached hydrogens (tertiary/aromatic N) is 1. The second kappa shape index (κ2) is 9.34. The Morgan fingerprint density at radius 1 is 1.16 bits per heavy atom. The summed E-state index contributed by atoms with van der Waals surface area (Å²) < 4.78 is 25.9. The van der Waals surface area contributed by atoms with E-state index >= 15 is 0 Å². The van der Waals surface area contributed by atoms with Crippen LogP contribution in [0.2, 0.25) is 0 Å². The van der Waals surface area contributed by atoms with Crippen molar-refractivity contribution in [3.8, 4) is 0 Å². The summed E-state index contributed by atoms with van der Waals surface area (Å²) in [6.45, 7) is 2.20. The molecule has 0 bridgehead atoms. The maximum Gasteiger partial charge on any atom is 0.221 e. The molecule has 1 aliphatic rings. The van der Waals surface area contributed by atoms with Crippen LogP contribution in [0.4, 0.5) is 0 Å². The molecule has 0 radical (unpaired) electrons. The molecule has 140 valence electrons. The maximum absolute atomic E-state index is 12.3. The number of hydrogen-bond donors (Lipinski definition) is 1. The molecule has 1 fully saturated rings. The van der Waals surface area contributed by atoms with Crippen molar-refractivity contribution in [3.05, 3.63) is 35.9 Å². The first-order chi connectivity index (χ1) is 11.9. The monoisotopic (exact) mass is 366 g/mol. The fraction of sp³-hybridized carbons (Fsp3) is 0.632. The predicted octanol–water partition coefficient (Wildman–Crippen LogP) is 3.24. The maximum atomic E-state index is 12.3. The Bertz CT molecular complexity index is 638. The van der Waals surface area contributed by atoms with Gasteiger partial charge in [0.15, 0.2) is 0 Å². The number of rotatable bonds is 7. The van der Waals surface area contributed by atoms with Gasteiger partial charge in [0.05, 0.1) is 12.3 Å². The van der Waals surface area contributed by atoms with Crippen molar-refractivity contribution in [1.82, 2.24) is 9.62 Å². The van der Waals surface area contributed by atoms with Gasteiger partial charge < -0.3 is 5.32 Å². The number of carbonyl (C=O) groups excluding carboxylic acids is 1. The SMILES string of the molecule is CC(NC(=O)CCN(C1CCCCCC1)S(C)(=O)=O)c1ccccc1. The highest BCUT2D eigenvalue weighted by atomic mass is 32.2. The van der Waals surface area contributed by atoms with Gasteiger partial charge in [0, 0.05) is 19.0 Å². The molecule has 1 unspecified atom stereocenters. The molecule has 25 heavy (non-hydrogen) atoms. The highest BCUT2D eigenvalue weighted by Gasteiger charge is 2.27. The van der Waals surface area contributed by atoms with E-state index in [4.69, 9.17) is 0 Å². The van der Waals surface area contributed by atoms with Crippen LogP contribution < -0.4 is 5.32 Å². The molecule has 0 aromatic heterocycles. The third-order valence-corrected chi connectivity index (χ3v) is 6.23. The van der Waals surface area contributed by atoms with E-state index in [1.54, 1.807) is 4.31 Å². The summed E-state index contributed by atoms with van der Waals surface area (Å²) in [6.07, 6.45) is 7.71. The van der Waals surface area contributed by atoms with E-state index in [2.05, 4.69) is 5.32 Å². The summed E-state index contributed by atoms with van der Waals surface area (Å²) in [5.41, 5.74) is 1.04. The molecule has 0 spiro atoms. The summed E-state index contributed by atoms with van der Waals surface area (Å²) >= 11 is 0. The second-order valence-electron chi connectivity index (χ2n) is 6.97. The first kappa shape index (κ1) is 19.9. The summed E-state index contributed by atoms with van der Waals surface area (Å²) in [5.74, 6) is -0.112. The van der Waals surface area contributed by atoms with Gasteiger partial charge in [0.2, 0.25) is 15.9 Å². The summed E-state index contributed by atoms with van der Waals surface area (Å²) in [4.78, 5) is 12.3. The lowest BCUT2D eigenvalue weighted by atomic mass is 10.1. The number of benzene rings is 1. The van der Waals surface area contributed by atoms with Gasteiger partial charge in [-0.05, 0) is 25.3 Å². The van der Waals surface area contributed by atoms with Crippen molar-refractivity contribution in [2.45, 2.75) is 64.0 Å². The van der Waals surface area contributed by atoms with Gasteiger partial charge in [-0.25, -0.2) is 8.42 Å². The van der Waals surface area contributed by atoms with Gasteiger partial charge in [-0.2, -0.15) is 4.31 Å². The minimum atomic E-state index is -3.30. The van der Waals surface area contributed by atoms with Gasteiger partial charge in [-0.15, -0.1) is 0 Å². The number of carbonyl (C=O) groups is 1. The average molecular weight is 367 g/mol. The topological polar surface area (TPSA) is 66.5 Å². The molecule has 0 heterocycles. The highest BCUT2D eigenvalue weighted by molar-refractivity contribution is 7.88. The molecule has 1 N–H and O–H groups in total. The summed E-state index contributed by atoms with van der Waals surface area (Å²) in [5, 5.41) is 2.96. The molecule has 5 nitrogen and oxygen atoms in total. The molecule has 0 saturated heterocycles. The molecule has 1 aromatic carbocycles. The van der Waals surface area contributed by atoms with E-state index in [1.807, 2.05) is 37.3 Å². The minimum Gasteiger partial charge on any atom is -0.350 e. The van der Waals surface area contributed by atoms with Crippen LogP contribution in [0, 0.1) is 0 Å². The fourth-order valence-corrected chi connectivity index (χ4v) is 4.69. The van der Waals surface area contributed by atoms with Gasteiger partial charge in [-0.1, -0.05) is 56.0 Å². The minimum absolute atomic E-state index is 0.0387. The first-order valence-corrected chi connectivity index (χ1v) is 11.0. The summed E-state index contributed by atoms with van der Waals surface area (Å²) in [6, 6.07) is 9.72. The van der Waals surface area contributed by atoms with E-state index in [1.165, 1.54) is 19.1 Å². The highest BCUT2D eigenvalue weighted by Crippen LogP contribution is 2.24. The zero-order valence-corrected chi connectivity index (χ0v) is 16.1. The smallest absolute Gasteiger partial charge is 0.221 e. The van der Waals surface area contributed by atoms with Crippen molar-refractivity contribution in [1.29, 1.82) is 0 Å². The summed E-state index contributed by atoms with van der Waals surface area (Å²) in [7, 11) is -3.30. The standard InChI is InChI=1S/C19H30N2O3S/c1-16(17-10-6-5-7-11-17)20-19(22)14-15-21(25(2,23)24)18-12-8-3-4-9-13-18/h5-7,10-11,16,18H,3-4,8-9,12-15H2,1-2H3,(H,20,22). The number of hydrogen-bond acceptors (Lipinski definition) is 3. The molecule has 0 aliphatic heterocycles. The molecular weight excluding hydrogens is 336 g/mol. The molecule has 1 amide bonds. The lowest BCUT2D eigenvalue weighted by Gasteiger charge is -2.29. The van der Waals surface area contributed by atoms with Crippen LogP contribution in [0.1, 0.15) is 63.5 Å². The largest absolute Gasteiger partial charge is 0.350 e. The third-order valence-electron chi connectivity index (χ3n) is 4.89. The lowest BCUT2D eigenvalue weighted by molar-refractivity contribution is -0.121. The van der Waals surface area contributed by atoms with Crippen LogP contribution in [0.15, 0.2) is 30.3 Å². The van der Waals surface area contributed by atoms with Crippen LogP contribution in [0.5, 0.6) is 0 Å². The van der Waals surface area contributed by atoms with Crippen LogP contribution in [0.25, 0.3) is 0 Å². The van der Waals surface area contributed by atoms with Crippen molar-refractivity contribution in [3.63, 3.8) is 0 Å². The van der Waals surface area contributed by atoms with Crippen LogP contribution in [0.3, 0.4) is 0 Å². The Morgan fingerprint density at radius 2 is 1.76 bits per heavy atom. The van der Waals surface area contributed by atoms with Gasteiger partial charge in [0.25, 0.3) is 0 Å². The first-order valence-electron chi connectivity index (χ1n) is 9.19. The fourth-order valence-electron chi connectivity index (χ4n) is 3.52. The van der Waals surface area contributed by atoms with Gasteiger partial charge in [-0.3, -0.25) is 4.79 Å². The van der Waals surface area contributed by atoms with E-state index in [-0.39, 0.29) is 31.0 Å². The zero-order chi connectivity index (χ0) is 18.3. The number of sulfonamides is 1. The molecule has 1 aromatic rings. The number of nitrogens with one attached hydrogen (secondary N) is 1. The second-order valence-corrected chi connectivity index (χ2v) is 8.90. The van der Waals surface area contributed by atoms with Crippen molar-refractivity contribution in [2.24, 2.45) is 0 Å². The normalized spacial score (nSPS) is 17.9. The molecule has 1 aliphatic carbocycles. The Kier molecular flexibility index (Phi) is 7.44. The number of amides is 1. The molecular formula is C19H30N2O3S. The molecule has 1 saturated carbocycles.